The van der Waals surface area contributed by atoms with Crippen molar-refractivity contribution in [2.75, 3.05) is 24.4 Å². The van der Waals surface area contributed by atoms with Gasteiger partial charge in [-0.2, -0.15) is 5.10 Å². The van der Waals surface area contributed by atoms with E-state index in [0.717, 1.165) is 6.54 Å². The van der Waals surface area contributed by atoms with Crippen molar-refractivity contribution in [1.29, 1.82) is 0 Å². The molecule has 3 aromatic rings. The molecule has 0 bridgehead atoms. The van der Waals surface area contributed by atoms with E-state index in [9.17, 15) is 13.2 Å². The lowest BCUT2D eigenvalue weighted by atomic mass is 10.3. The molecule has 0 radical (unpaired) electrons. The second-order valence-corrected chi connectivity index (χ2v) is 8.44. The van der Waals surface area contributed by atoms with Gasteiger partial charge in [-0.15, -0.1) is 0 Å². The van der Waals surface area contributed by atoms with Crippen molar-refractivity contribution >= 4 is 33.3 Å². The van der Waals surface area contributed by atoms with Crippen LogP contribution >= 0.6 is 11.6 Å². The number of nitrogens with zero attached hydrogens (tertiary/aromatic N) is 2. The van der Waals surface area contributed by atoms with Gasteiger partial charge in [-0.05, 0) is 42.9 Å². The molecular formula is C20H22ClN5O3S. The summed E-state index contributed by atoms with van der Waals surface area (Å²) in [5.74, 6) is -0.374. The van der Waals surface area contributed by atoms with Crippen molar-refractivity contribution in [3.05, 3.63) is 71.4 Å². The van der Waals surface area contributed by atoms with Gasteiger partial charge in [0.05, 0.1) is 16.8 Å². The van der Waals surface area contributed by atoms with E-state index in [1.807, 2.05) is 13.0 Å². The molecule has 0 unspecified atom stereocenters. The van der Waals surface area contributed by atoms with Crippen LogP contribution in [0.2, 0.25) is 5.02 Å². The molecule has 0 saturated carbocycles. The van der Waals surface area contributed by atoms with E-state index in [1.165, 1.54) is 35.1 Å². The standard InChI is InChI=1S/C20H22ClN5O3S/c1-2-22-12-13-23-20(27)18-14-24-26(16-6-4-3-5-7-16)19(18)25-30(28,29)17-10-8-15(21)9-11-17/h3-11,14,22,25H,2,12-13H2,1H3,(H,23,27). The zero-order valence-electron chi connectivity index (χ0n) is 16.3. The van der Waals surface area contributed by atoms with E-state index >= 15 is 0 Å². The van der Waals surface area contributed by atoms with Gasteiger partial charge >= 0.3 is 0 Å². The van der Waals surface area contributed by atoms with Crippen molar-refractivity contribution in [2.45, 2.75) is 11.8 Å². The number of rotatable bonds is 9. The summed E-state index contributed by atoms with van der Waals surface area (Å²) in [6.45, 7) is 3.75. The largest absolute Gasteiger partial charge is 0.351 e. The summed E-state index contributed by atoms with van der Waals surface area (Å²) < 4.78 is 29.7. The van der Waals surface area contributed by atoms with Crippen LogP contribution < -0.4 is 15.4 Å². The van der Waals surface area contributed by atoms with Crippen LogP contribution in [-0.2, 0) is 10.0 Å². The summed E-state index contributed by atoms with van der Waals surface area (Å²) in [4.78, 5) is 12.7. The van der Waals surface area contributed by atoms with E-state index in [-0.39, 0.29) is 16.3 Å². The molecule has 0 aliphatic heterocycles. The Hall–Kier alpha value is -2.88. The van der Waals surface area contributed by atoms with Crippen molar-refractivity contribution in [3.8, 4) is 5.69 Å². The Balaban J connectivity index is 1.96. The predicted molar refractivity (Wildman–Crippen MR) is 117 cm³/mol. The average Bonchev–Trinajstić information content (AvgIpc) is 3.15. The van der Waals surface area contributed by atoms with E-state index in [4.69, 9.17) is 11.6 Å². The highest BCUT2D eigenvalue weighted by atomic mass is 35.5. The number of likely N-dealkylation sites (N-methyl/N-ethyl adjacent to an activating group) is 1. The summed E-state index contributed by atoms with van der Waals surface area (Å²) in [6.07, 6.45) is 1.34. The molecule has 30 heavy (non-hydrogen) atoms. The van der Waals surface area contributed by atoms with E-state index in [2.05, 4.69) is 20.5 Å². The summed E-state index contributed by atoms with van der Waals surface area (Å²) in [6, 6.07) is 14.7. The quantitative estimate of drug-likeness (QED) is 0.437. The van der Waals surface area contributed by atoms with Gasteiger partial charge in [0, 0.05) is 18.1 Å². The third kappa shape index (κ3) is 5.18. The third-order valence-electron chi connectivity index (χ3n) is 4.21. The fourth-order valence-corrected chi connectivity index (χ4v) is 3.90. The average molecular weight is 448 g/mol. The molecule has 0 fully saturated rings. The van der Waals surface area contributed by atoms with Gasteiger partial charge in [-0.3, -0.25) is 9.52 Å². The topological polar surface area (TPSA) is 105 Å². The molecule has 158 valence electrons. The van der Waals surface area contributed by atoms with Crippen molar-refractivity contribution < 1.29 is 13.2 Å². The van der Waals surface area contributed by atoms with Crippen LogP contribution in [0.15, 0.2) is 65.7 Å². The van der Waals surface area contributed by atoms with Crippen LogP contribution in [0.1, 0.15) is 17.3 Å². The molecule has 10 heteroatoms. The lowest BCUT2D eigenvalue weighted by molar-refractivity contribution is 0.0955. The van der Waals surface area contributed by atoms with Gasteiger partial charge in [0.2, 0.25) is 0 Å². The zero-order valence-corrected chi connectivity index (χ0v) is 17.9. The number of hydrogen-bond donors (Lipinski definition) is 3. The van der Waals surface area contributed by atoms with Gasteiger partial charge in [0.1, 0.15) is 5.56 Å². The molecule has 1 amide bonds. The summed E-state index contributed by atoms with van der Waals surface area (Å²) in [7, 11) is -3.98. The molecule has 2 aromatic carbocycles. The first-order chi connectivity index (χ1) is 14.4. The number of nitrogens with one attached hydrogen (secondary N) is 3. The Morgan fingerprint density at radius 1 is 1.07 bits per heavy atom. The van der Waals surface area contributed by atoms with Crippen molar-refractivity contribution in [1.82, 2.24) is 20.4 Å². The molecule has 0 spiro atoms. The molecular weight excluding hydrogens is 426 g/mol. The van der Waals surface area contributed by atoms with Gasteiger partial charge in [-0.1, -0.05) is 36.7 Å². The lowest BCUT2D eigenvalue weighted by Crippen LogP contribution is -2.32. The van der Waals surface area contributed by atoms with Gasteiger partial charge in [0.25, 0.3) is 15.9 Å². The molecule has 1 aromatic heterocycles. The Kier molecular flexibility index (Phi) is 7.09. The number of anilines is 1. The maximum Gasteiger partial charge on any atom is 0.263 e. The van der Waals surface area contributed by atoms with E-state index in [1.54, 1.807) is 24.3 Å². The van der Waals surface area contributed by atoms with Crippen LogP contribution in [0, 0.1) is 0 Å². The molecule has 8 nitrogen and oxygen atoms in total. The Morgan fingerprint density at radius 2 is 1.77 bits per heavy atom. The fraction of sp³-hybridized carbons (Fsp3) is 0.200. The fourth-order valence-electron chi connectivity index (χ4n) is 2.71. The van der Waals surface area contributed by atoms with Crippen LogP contribution in [-0.4, -0.2) is 43.7 Å². The highest BCUT2D eigenvalue weighted by Crippen LogP contribution is 2.24. The molecule has 0 saturated heterocycles. The SMILES string of the molecule is CCNCCNC(=O)c1cnn(-c2ccccc2)c1NS(=O)(=O)c1ccc(Cl)cc1. The van der Waals surface area contributed by atoms with Crippen LogP contribution in [0.3, 0.4) is 0 Å². The first kappa shape index (κ1) is 21.8. The zero-order chi connectivity index (χ0) is 21.6. The highest BCUT2D eigenvalue weighted by molar-refractivity contribution is 7.92. The molecule has 0 aliphatic rings. The number of amides is 1. The summed E-state index contributed by atoms with van der Waals surface area (Å²) in [5, 5.41) is 10.5. The van der Waals surface area contributed by atoms with Crippen LogP contribution in [0.5, 0.6) is 0 Å². The maximum atomic E-state index is 12.9. The molecule has 3 N–H and O–H groups in total. The van der Waals surface area contributed by atoms with Gasteiger partial charge in [-0.25, -0.2) is 13.1 Å². The Labute approximate surface area is 180 Å². The second-order valence-electron chi connectivity index (χ2n) is 6.32. The number of carbonyl (C=O) groups is 1. The normalized spacial score (nSPS) is 11.3. The number of halogens is 1. The van der Waals surface area contributed by atoms with E-state index in [0.29, 0.717) is 23.8 Å². The molecule has 0 aliphatic carbocycles. The van der Waals surface area contributed by atoms with E-state index < -0.39 is 15.9 Å². The number of sulfonamides is 1. The van der Waals surface area contributed by atoms with Gasteiger partial charge in [0.15, 0.2) is 5.82 Å². The first-order valence-electron chi connectivity index (χ1n) is 9.33. The second kappa shape index (κ2) is 9.75. The van der Waals surface area contributed by atoms with Crippen molar-refractivity contribution in [3.63, 3.8) is 0 Å². The maximum absolute atomic E-state index is 12.9. The number of para-hydroxylation sites is 1. The monoisotopic (exact) mass is 447 g/mol. The first-order valence-corrected chi connectivity index (χ1v) is 11.2. The van der Waals surface area contributed by atoms with Gasteiger partial charge < -0.3 is 10.6 Å². The lowest BCUT2D eigenvalue weighted by Gasteiger charge is -2.13. The third-order valence-corrected chi connectivity index (χ3v) is 5.81. The predicted octanol–water partition coefficient (Wildman–Crippen LogP) is 2.67. The molecule has 3 rings (SSSR count). The minimum absolute atomic E-state index is 0.0196. The number of benzene rings is 2. The minimum atomic E-state index is -3.98. The summed E-state index contributed by atoms with van der Waals surface area (Å²) >= 11 is 5.86. The number of hydrogen-bond acceptors (Lipinski definition) is 5. The van der Waals surface area contributed by atoms with Crippen LogP contribution in [0.25, 0.3) is 5.69 Å². The molecule has 0 atom stereocenters. The minimum Gasteiger partial charge on any atom is -0.351 e. The molecule has 1 heterocycles. The smallest absolute Gasteiger partial charge is 0.263 e. The highest BCUT2D eigenvalue weighted by Gasteiger charge is 2.24. The van der Waals surface area contributed by atoms with Crippen molar-refractivity contribution in [2.24, 2.45) is 0 Å². The van der Waals surface area contributed by atoms with Crippen LogP contribution in [0.4, 0.5) is 5.82 Å². The number of aromatic nitrogens is 2. The Morgan fingerprint density at radius 3 is 2.43 bits per heavy atom. The number of carbonyl (C=O) groups excluding carboxylic acids is 1. The Bertz CT molecular complexity index is 1100. The summed E-state index contributed by atoms with van der Waals surface area (Å²) in [5.41, 5.74) is 0.728.